The van der Waals surface area contributed by atoms with Crippen LogP contribution in [0.2, 0.25) is 5.02 Å². The molecule has 32 heavy (non-hydrogen) atoms. The summed E-state index contributed by atoms with van der Waals surface area (Å²) in [5.41, 5.74) is 3.13. The average molecular weight is 466 g/mol. The molecule has 0 bridgehead atoms. The van der Waals surface area contributed by atoms with Gasteiger partial charge >= 0.3 is 0 Å². The highest BCUT2D eigenvalue weighted by Gasteiger charge is 2.16. The van der Waals surface area contributed by atoms with Gasteiger partial charge in [-0.05, 0) is 66.8 Å². The highest BCUT2D eigenvalue weighted by molar-refractivity contribution is 7.80. The van der Waals surface area contributed by atoms with E-state index < -0.39 is 0 Å². The summed E-state index contributed by atoms with van der Waals surface area (Å²) in [6.45, 7) is 0.935. The van der Waals surface area contributed by atoms with E-state index >= 15 is 0 Å². The summed E-state index contributed by atoms with van der Waals surface area (Å²) < 4.78 is 16.8. The van der Waals surface area contributed by atoms with Gasteiger partial charge in [0.25, 0.3) is 5.91 Å². The largest absolute Gasteiger partial charge is 0.486 e. The normalized spacial score (nSPS) is 12.4. The number of amides is 1. The third kappa shape index (κ3) is 4.23. The first-order valence-corrected chi connectivity index (χ1v) is 10.5. The van der Waals surface area contributed by atoms with Crippen LogP contribution in [0.5, 0.6) is 11.5 Å². The van der Waals surface area contributed by atoms with Crippen molar-refractivity contribution in [2.45, 2.75) is 0 Å². The molecule has 0 saturated heterocycles. The number of oxazole rings is 1. The van der Waals surface area contributed by atoms with Gasteiger partial charge in [-0.3, -0.25) is 10.1 Å². The highest BCUT2D eigenvalue weighted by Crippen LogP contribution is 2.31. The molecule has 0 atom stereocenters. The summed E-state index contributed by atoms with van der Waals surface area (Å²) >= 11 is 11.3. The molecule has 1 aliphatic heterocycles. The van der Waals surface area contributed by atoms with Gasteiger partial charge in [-0.25, -0.2) is 4.98 Å². The number of hydrogen-bond acceptors (Lipinski definition) is 6. The molecule has 9 heteroatoms. The third-order valence-corrected chi connectivity index (χ3v) is 5.19. The van der Waals surface area contributed by atoms with Crippen molar-refractivity contribution in [2.24, 2.45) is 0 Å². The summed E-state index contributed by atoms with van der Waals surface area (Å²) in [6, 6.07) is 17.6. The molecule has 0 fully saturated rings. The molecule has 0 aliphatic carbocycles. The number of carbonyl (C=O) groups excluding carboxylic acids is 1. The maximum atomic E-state index is 12.6. The second-order valence-corrected chi connectivity index (χ2v) is 7.82. The van der Waals surface area contributed by atoms with Crippen LogP contribution in [0.4, 0.5) is 5.69 Å². The summed E-state index contributed by atoms with van der Waals surface area (Å²) in [4.78, 5) is 17.1. The molecule has 5 rings (SSSR count). The molecule has 1 aliphatic rings. The van der Waals surface area contributed by atoms with Crippen molar-refractivity contribution in [2.75, 3.05) is 18.5 Å². The topological polar surface area (TPSA) is 85.6 Å². The number of anilines is 1. The van der Waals surface area contributed by atoms with E-state index in [0.29, 0.717) is 58.0 Å². The molecule has 2 heterocycles. The molecule has 0 spiro atoms. The Labute approximate surface area is 193 Å². The summed E-state index contributed by atoms with van der Waals surface area (Å²) in [6.07, 6.45) is 0. The van der Waals surface area contributed by atoms with Gasteiger partial charge in [-0.1, -0.05) is 17.7 Å². The number of benzene rings is 3. The SMILES string of the molecule is O=C(NC(=S)Nc1ccc2oc(-c3cccc(Cl)c3)nc2c1)c1ccc2c(c1)OCCO2. The van der Waals surface area contributed by atoms with Crippen LogP contribution in [0.15, 0.2) is 65.1 Å². The zero-order valence-corrected chi connectivity index (χ0v) is 18.1. The number of thiocarbonyl (C=S) groups is 1. The minimum Gasteiger partial charge on any atom is -0.486 e. The van der Waals surface area contributed by atoms with Crippen LogP contribution in [-0.2, 0) is 0 Å². The summed E-state index contributed by atoms with van der Waals surface area (Å²) in [7, 11) is 0. The second kappa shape index (κ2) is 8.49. The van der Waals surface area contributed by atoms with Crippen molar-refractivity contribution < 1.29 is 18.7 Å². The molecule has 4 aromatic rings. The van der Waals surface area contributed by atoms with E-state index in [9.17, 15) is 4.79 Å². The Morgan fingerprint density at radius 2 is 1.84 bits per heavy atom. The fourth-order valence-electron chi connectivity index (χ4n) is 3.27. The van der Waals surface area contributed by atoms with Gasteiger partial charge in [-0.2, -0.15) is 0 Å². The smallest absolute Gasteiger partial charge is 0.257 e. The van der Waals surface area contributed by atoms with Crippen molar-refractivity contribution in [1.29, 1.82) is 0 Å². The lowest BCUT2D eigenvalue weighted by atomic mass is 10.2. The Hall–Kier alpha value is -3.62. The highest BCUT2D eigenvalue weighted by atomic mass is 35.5. The Bertz CT molecular complexity index is 1350. The first-order valence-electron chi connectivity index (χ1n) is 9.74. The van der Waals surface area contributed by atoms with Crippen molar-refractivity contribution in [3.8, 4) is 23.0 Å². The Morgan fingerprint density at radius 3 is 2.69 bits per heavy atom. The van der Waals surface area contributed by atoms with E-state index in [4.69, 9.17) is 37.7 Å². The van der Waals surface area contributed by atoms with Gasteiger partial charge in [0, 0.05) is 21.8 Å². The van der Waals surface area contributed by atoms with Gasteiger partial charge < -0.3 is 19.2 Å². The number of ether oxygens (including phenoxy) is 2. The number of nitrogens with one attached hydrogen (secondary N) is 2. The van der Waals surface area contributed by atoms with Gasteiger partial charge in [0.05, 0.1) is 0 Å². The van der Waals surface area contributed by atoms with E-state index in [1.165, 1.54) is 0 Å². The first kappa shape index (κ1) is 20.3. The zero-order chi connectivity index (χ0) is 22.1. The molecule has 1 amide bonds. The van der Waals surface area contributed by atoms with Crippen molar-refractivity contribution in [3.05, 3.63) is 71.2 Å². The molecule has 0 saturated carbocycles. The molecule has 160 valence electrons. The lowest BCUT2D eigenvalue weighted by Crippen LogP contribution is -2.34. The summed E-state index contributed by atoms with van der Waals surface area (Å²) in [5, 5.41) is 6.42. The number of halogens is 1. The number of fused-ring (bicyclic) bond motifs is 2. The van der Waals surface area contributed by atoms with Crippen molar-refractivity contribution in [1.82, 2.24) is 10.3 Å². The van der Waals surface area contributed by atoms with Crippen LogP contribution < -0.4 is 20.1 Å². The number of nitrogens with zero attached hydrogens (tertiary/aromatic N) is 1. The van der Waals surface area contributed by atoms with E-state index in [-0.39, 0.29) is 11.0 Å². The number of carbonyl (C=O) groups is 1. The number of aromatic nitrogens is 1. The van der Waals surface area contributed by atoms with E-state index in [1.807, 2.05) is 12.1 Å². The predicted octanol–water partition coefficient (Wildman–Crippen LogP) is 5.05. The van der Waals surface area contributed by atoms with Gasteiger partial charge in [-0.15, -0.1) is 0 Å². The third-order valence-electron chi connectivity index (χ3n) is 4.75. The van der Waals surface area contributed by atoms with Crippen LogP contribution in [-0.4, -0.2) is 29.2 Å². The predicted molar refractivity (Wildman–Crippen MR) is 126 cm³/mol. The second-order valence-electron chi connectivity index (χ2n) is 6.98. The monoisotopic (exact) mass is 465 g/mol. The van der Waals surface area contributed by atoms with E-state index in [0.717, 1.165) is 5.56 Å². The van der Waals surface area contributed by atoms with Crippen LogP contribution in [0.3, 0.4) is 0 Å². The molecular formula is C23H16ClN3O4S. The molecule has 2 N–H and O–H groups in total. The first-order chi connectivity index (χ1) is 15.5. The standard InChI is InChI=1S/C23H16ClN3O4S/c24-15-3-1-2-14(10-15)22-26-17-12-16(5-7-18(17)31-22)25-23(32)27-21(28)13-4-6-19-20(11-13)30-9-8-29-19/h1-7,10-12H,8-9H2,(H2,25,27,28,32). The summed E-state index contributed by atoms with van der Waals surface area (Å²) in [5.74, 6) is 1.26. The van der Waals surface area contributed by atoms with Crippen LogP contribution >= 0.6 is 23.8 Å². The quantitative estimate of drug-likeness (QED) is 0.409. The fourth-order valence-corrected chi connectivity index (χ4v) is 3.67. The molecular weight excluding hydrogens is 450 g/mol. The maximum absolute atomic E-state index is 12.6. The lowest BCUT2D eigenvalue weighted by molar-refractivity contribution is 0.0976. The zero-order valence-electron chi connectivity index (χ0n) is 16.6. The van der Waals surface area contributed by atoms with E-state index in [1.54, 1.807) is 48.5 Å². The molecule has 7 nitrogen and oxygen atoms in total. The average Bonchev–Trinajstić information content (AvgIpc) is 3.22. The minimum absolute atomic E-state index is 0.155. The van der Waals surface area contributed by atoms with Crippen LogP contribution in [0.1, 0.15) is 10.4 Å². The van der Waals surface area contributed by atoms with Crippen molar-refractivity contribution in [3.63, 3.8) is 0 Å². The Balaban J connectivity index is 1.28. The molecule has 1 aromatic heterocycles. The van der Waals surface area contributed by atoms with Crippen molar-refractivity contribution >= 4 is 51.6 Å². The lowest BCUT2D eigenvalue weighted by Gasteiger charge is -2.18. The fraction of sp³-hybridized carbons (Fsp3) is 0.0870. The number of hydrogen-bond donors (Lipinski definition) is 2. The molecule has 0 unspecified atom stereocenters. The minimum atomic E-state index is -0.356. The Morgan fingerprint density at radius 1 is 1.00 bits per heavy atom. The number of rotatable bonds is 3. The van der Waals surface area contributed by atoms with Gasteiger partial charge in [0.15, 0.2) is 22.2 Å². The molecule has 0 radical (unpaired) electrons. The van der Waals surface area contributed by atoms with Gasteiger partial charge in [0.2, 0.25) is 5.89 Å². The van der Waals surface area contributed by atoms with Gasteiger partial charge in [0.1, 0.15) is 18.7 Å². The molecule has 3 aromatic carbocycles. The van der Waals surface area contributed by atoms with Crippen LogP contribution in [0, 0.1) is 0 Å². The Kier molecular flexibility index (Phi) is 5.38. The van der Waals surface area contributed by atoms with Crippen LogP contribution in [0.25, 0.3) is 22.6 Å². The maximum Gasteiger partial charge on any atom is 0.257 e. The van der Waals surface area contributed by atoms with E-state index in [2.05, 4.69) is 15.6 Å².